The highest BCUT2D eigenvalue weighted by Gasteiger charge is 2.57. The molecule has 0 saturated heterocycles. The predicted octanol–water partition coefficient (Wildman–Crippen LogP) is 3.59. The van der Waals surface area contributed by atoms with Crippen molar-refractivity contribution in [2.45, 2.75) is 50.5 Å². The summed E-state index contributed by atoms with van der Waals surface area (Å²) < 4.78 is 0. The van der Waals surface area contributed by atoms with Crippen molar-refractivity contribution < 1.29 is 9.90 Å². The second-order valence-electron chi connectivity index (χ2n) is 7.65. The average molecular weight is 270 g/mol. The van der Waals surface area contributed by atoms with Gasteiger partial charge in [-0.05, 0) is 55.8 Å². The minimum atomic E-state index is -0.457. The topological polar surface area (TPSA) is 37.3 Å². The fourth-order valence-electron chi connectivity index (χ4n) is 5.68. The molecular formula is C18H22O2. The maximum Gasteiger partial charge on any atom is 0.163 e. The molecule has 4 saturated carbocycles. The van der Waals surface area contributed by atoms with Gasteiger partial charge in [0.15, 0.2) is 5.78 Å². The van der Waals surface area contributed by atoms with Crippen LogP contribution in [-0.2, 0) is 0 Å². The van der Waals surface area contributed by atoms with E-state index in [1.165, 1.54) is 6.42 Å². The van der Waals surface area contributed by atoms with Crippen molar-refractivity contribution in [3.63, 3.8) is 0 Å². The molecule has 4 fully saturated rings. The molecule has 0 radical (unpaired) electrons. The van der Waals surface area contributed by atoms with Crippen molar-refractivity contribution in [2.75, 3.05) is 0 Å². The van der Waals surface area contributed by atoms with Gasteiger partial charge < -0.3 is 5.11 Å². The molecule has 2 unspecified atom stereocenters. The van der Waals surface area contributed by atoms with Gasteiger partial charge in [-0.2, -0.15) is 0 Å². The largest absolute Gasteiger partial charge is 0.390 e. The second-order valence-corrected chi connectivity index (χ2v) is 7.65. The van der Waals surface area contributed by atoms with Crippen LogP contribution in [-0.4, -0.2) is 16.5 Å². The van der Waals surface area contributed by atoms with Crippen molar-refractivity contribution in [3.8, 4) is 0 Å². The summed E-state index contributed by atoms with van der Waals surface area (Å²) in [6.45, 7) is 0. The lowest BCUT2D eigenvalue weighted by Gasteiger charge is -2.60. The maximum absolute atomic E-state index is 12.6. The second kappa shape index (κ2) is 4.17. The van der Waals surface area contributed by atoms with Gasteiger partial charge in [0.1, 0.15) is 0 Å². The number of hydrogen-bond donors (Lipinski definition) is 1. The van der Waals surface area contributed by atoms with Gasteiger partial charge >= 0.3 is 0 Å². The molecule has 1 aromatic rings. The van der Waals surface area contributed by atoms with Crippen molar-refractivity contribution >= 4 is 5.78 Å². The van der Waals surface area contributed by atoms with E-state index in [1.807, 2.05) is 30.3 Å². The first-order chi connectivity index (χ1) is 9.56. The summed E-state index contributed by atoms with van der Waals surface area (Å²) in [5.74, 6) is 1.57. The molecule has 5 rings (SSSR count). The Balaban J connectivity index is 1.58. The van der Waals surface area contributed by atoms with Crippen LogP contribution < -0.4 is 0 Å². The first kappa shape index (κ1) is 12.6. The summed E-state index contributed by atoms with van der Waals surface area (Å²) in [7, 11) is 0. The zero-order valence-corrected chi connectivity index (χ0v) is 11.8. The molecule has 0 spiro atoms. The molecule has 2 nitrogen and oxygen atoms in total. The van der Waals surface area contributed by atoms with E-state index in [4.69, 9.17) is 0 Å². The molecule has 20 heavy (non-hydrogen) atoms. The number of hydrogen-bond acceptors (Lipinski definition) is 2. The molecule has 0 heterocycles. The molecule has 4 bridgehead atoms. The van der Waals surface area contributed by atoms with Gasteiger partial charge in [0.05, 0.1) is 5.60 Å². The quantitative estimate of drug-likeness (QED) is 0.852. The summed E-state index contributed by atoms with van der Waals surface area (Å²) in [6, 6.07) is 9.64. The molecule has 4 aliphatic carbocycles. The Morgan fingerprint density at radius 2 is 1.75 bits per heavy atom. The predicted molar refractivity (Wildman–Crippen MR) is 77.5 cm³/mol. The fourth-order valence-corrected chi connectivity index (χ4v) is 5.68. The maximum atomic E-state index is 12.6. The van der Waals surface area contributed by atoms with Crippen molar-refractivity contribution in [2.24, 2.45) is 17.3 Å². The molecule has 4 aliphatic rings. The van der Waals surface area contributed by atoms with Crippen LogP contribution in [0.4, 0.5) is 0 Å². The van der Waals surface area contributed by atoms with Crippen LogP contribution in [0.5, 0.6) is 0 Å². The lowest BCUT2D eigenvalue weighted by molar-refractivity contribution is -0.162. The Morgan fingerprint density at radius 3 is 2.35 bits per heavy atom. The summed E-state index contributed by atoms with van der Waals surface area (Å²) in [5, 5.41) is 10.7. The summed E-state index contributed by atoms with van der Waals surface area (Å²) in [6.07, 6.45) is 7.03. The smallest absolute Gasteiger partial charge is 0.163 e. The van der Waals surface area contributed by atoms with E-state index in [0.29, 0.717) is 18.3 Å². The standard InChI is InChI=1S/C18H22O2/c19-16(15-4-2-1-3-5-15)11-17-7-13-6-14(8-17)10-18(20,9-13)12-17/h1-5,13-14,20H,6-12H2/t13-,14+,17?,18?. The molecule has 4 atom stereocenters. The highest BCUT2D eigenvalue weighted by atomic mass is 16.3. The molecule has 1 N–H and O–H groups in total. The third-order valence-corrected chi connectivity index (χ3v) is 5.78. The van der Waals surface area contributed by atoms with Crippen LogP contribution in [0, 0.1) is 17.3 Å². The SMILES string of the molecule is O=C(CC12C[C@@H]3C[C@@H](CC(O)(C3)C1)C2)c1ccccc1. The minimum Gasteiger partial charge on any atom is -0.390 e. The van der Waals surface area contributed by atoms with E-state index in [0.717, 1.165) is 37.7 Å². The minimum absolute atomic E-state index is 0.0890. The zero-order chi connectivity index (χ0) is 13.8. The van der Waals surface area contributed by atoms with E-state index < -0.39 is 5.60 Å². The Bertz CT molecular complexity index is 520. The number of aliphatic hydroxyl groups is 1. The van der Waals surface area contributed by atoms with Crippen LogP contribution in [0.1, 0.15) is 55.3 Å². The number of ketones is 1. The van der Waals surface area contributed by atoms with Gasteiger partial charge in [0, 0.05) is 12.0 Å². The van der Waals surface area contributed by atoms with E-state index in [2.05, 4.69) is 0 Å². The van der Waals surface area contributed by atoms with Crippen LogP contribution >= 0.6 is 0 Å². The third kappa shape index (κ3) is 2.01. The van der Waals surface area contributed by atoms with Gasteiger partial charge in [-0.3, -0.25) is 4.79 Å². The number of benzene rings is 1. The van der Waals surface area contributed by atoms with Crippen LogP contribution in [0.2, 0.25) is 0 Å². The van der Waals surface area contributed by atoms with Crippen LogP contribution in [0.3, 0.4) is 0 Å². The van der Waals surface area contributed by atoms with Crippen molar-refractivity contribution in [1.82, 2.24) is 0 Å². The lowest BCUT2D eigenvalue weighted by atomic mass is 9.47. The number of carbonyl (C=O) groups excluding carboxylic acids is 1. The Hall–Kier alpha value is -1.15. The zero-order valence-electron chi connectivity index (χ0n) is 11.8. The van der Waals surface area contributed by atoms with Crippen molar-refractivity contribution in [3.05, 3.63) is 35.9 Å². The average Bonchev–Trinajstić information content (AvgIpc) is 2.36. The highest BCUT2D eigenvalue weighted by Crippen LogP contribution is 2.62. The number of carbonyl (C=O) groups is 1. The number of Topliss-reactive ketones (excluding diaryl/α,β-unsaturated/α-hetero) is 1. The monoisotopic (exact) mass is 270 g/mol. The molecular weight excluding hydrogens is 248 g/mol. The van der Waals surface area contributed by atoms with Gasteiger partial charge in [0.25, 0.3) is 0 Å². The number of rotatable bonds is 3. The summed E-state index contributed by atoms with van der Waals surface area (Å²) in [5.41, 5.74) is 0.461. The van der Waals surface area contributed by atoms with Crippen LogP contribution in [0.25, 0.3) is 0 Å². The first-order valence-corrected chi connectivity index (χ1v) is 7.87. The van der Waals surface area contributed by atoms with E-state index >= 15 is 0 Å². The lowest BCUT2D eigenvalue weighted by Crippen LogP contribution is -2.56. The molecule has 1 aromatic carbocycles. The Labute approximate surface area is 120 Å². The first-order valence-electron chi connectivity index (χ1n) is 7.87. The van der Waals surface area contributed by atoms with Gasteiger partial charge in [0.2, 0.25) is 0 Å². The van der Waals surface area contributed by atoms with Crippen LogP contribution in [0.15, 0.2) is 30.3 Å². The Kier molecular flexibility index (Phi) is 2.62. The fraction of sp³-hybridized carbons (Fsp3) is 0.611. The van der Waals surface area contributed by atoms with E-state index in [1.54, 1.807) is 0 Å². The highest BCUT2D eigenvalue weighted by molar-refractivity contribution is 5.96. The normalized spacial score (nSPS) is 41.9. The molecule has 0 amide bonds. The van der Waals surface area contributed by atoms with Gasteiger partial charge in [-0.25, -0.2) is 0 Å². The Morgan fingerprint density at radius 1 is 1.10 bits per heavy atom. The van der Waals surface area contributed by atoms with E-state index in [-0.39, 0.29) is 11.2 Å². The summed E-state index contributed by atoms with van der Waals surface area (Å²) >= 11 is 0. The van der Waals surface area contributed by atoms with Gasteiger partial charge in [-0.1, -0.05) is 30.3 Å². The summed E-state index contributed by atoms with van der Waals surface area (Å²) in [4.78, 5) is 12.6. The van der Waals surface area contributed by atoms with Crippen molar-refractivity contribution in [1.29, 1.82) is 0 Å². The van der Waals surface area contributed by atoms with Gasteiger partial charge in [-0.15, -0.1) is 0 Å². The third-order valence-electron chi connectivity index (χ3n) is 5.78. The molecule has 0 aliphatic heterocycles. The molecule has 2 heteroatoms. The molecule has 106 valence electrons. The van der Waals surface area contributed by atoms with E-state index in [9.17, 15) is 9.90 Å². The molecule has 0 aromatic heterocycles.